The third-order valence-corrected chi connectivity index (χ3v) is 4.61. The van der Waals surface area contributed by atoms with Crippen molar-refractivity contribution in [1.29, 1.82) is 0 Å². The highest BCUT2D eigenvalue weighted by Gasteiger charge is 2.11. The van der Waals surface area contributed by atoms with E-state index in [-0.39, 0.29) is 4.90 Å². The number of pyridine rings is 1. The molecule has 1 N–H and O–H groups in total. The summed E-state index contributed by atoms with van der Waals surface area (Å²) in [5.41, 5.74) is 1.64. The minimum Gasteiger partial charge on any atom is -0.481 e. The van der Waals surface area contributed by atoms with Gasteiger partial charge in [0.1, 0.15) is 12.1 Å². The lowest BCUT2D eigenvalue weighted by atomic mass is 10.2. The van der Waals surface area contributed by atoms with Gasteiger partial charge in [0.25, 0.3) is 0 Å². The molecule has 2 aromatic heterocycles. The lowest BCUT2D eigenvalue weighted by molar-refractivity contribution is 0.397. The average molecular weight is 344 g/mol. The summed E-state index contributed by atoms with van der Waals surface area (Å²) in [4.78, 5) is 12.7. The van der Waals surface area contributed by atoms with Gasteiger partial charge in [-0.3, -0.25) is 0 Å². The van der Waals surface area contributed by atoms with Gasteiger partial charge in [0, 0.05) is 30.4 Å². The van der Waals surface area contributed by atoms with Gasteiger partial charge in [-0.05, 0) is 29.8 Å². The fourth-order valence-corrected chi connectivity index (χ4v) is 2.91. The Bertz CT molecular complexity index is 990. The molecular formula is C16H16N4O3S. The first-order chi connectivity index (χ1) is 11.5. The van der Waals surface area contributed by atoms with Crippen molar-refractivity contribution in [2.75, 3.05) is 18.7 Å². The SMILES string of the molecule is COc1cc(CNc2ncnc3ccc(S(C)(=O)=O)cc23)ccn1. The minimum absolute atomic E-state index is 0.235. The Morgan fingerprint density at radius 2 is 1.96 bits per heavy atom. The molecule has 1 aromatic carbocycles. The monoisotopic (exact) mass is 344 g/mol. The number of ether oxygens (including phenoxy) is 1. The van der Waals surface area contributed by atoms with E-state index in [9.17, 15) is 8.42 Å². The van der Waals surface area contributed by atoms with Gasteiger partial charge in [-0.1, -0.05) is 0 Å². The number of nitrogens with zero attached hydrogens (tertiary/aromatic N) is 3. The van der Waals surface area contributed by atoms with Crippen molar-refractivity contribution in [3.05, 3.63) is 48.4 Å². The number of hydrogen-bond donors (Lipinski definition) is 1. The fourth-order valence-electron chi connectivity index (χ4n) is 2.27. The zero-order valence-electron chi connectivity index (χ0n) is 13.2. The van der Waals surface area contributed by atoms with Crippen LogP contribution in [0.1, 0.15) is 5.56 Å². The van der Waals surface area contributed by atoms with Crippen LogP contribution in [-0.2, 0) is 16.4 Å². The Labute approximate surface area is 139 Å². The zero-order chi connectivity index (χ0) is 17.2. The van der Waals surface area contributed by atoms with Crippen LogP contribution in [0.5, 0.6) is 5.88 Å². The fraction of sp³-hybridized carbons (Fsp3) is 0.188. The van der Waals surface area contributed by atoms with Crippen molar-refractivity contribution in [3.8, 4) is 5.88 Å². The summed E-state index contributed by atoms with van der Waals surface area (Å²) in [6.45, 7) is 0.494. The molecule has 0 radical (unpaired) electrons. The predicted octanol–water partition coefficient (Wildman–Crippen LogP) is 2.05. The molecule has 3 rings (SSSR count). The van der Waals surface area contributed by atoms with E-state index in [1.807, 2.05) is 12.1 Å². The van der Waals surface area contributed by atoms with E-state index in [2.05, 4.69) is 20.3 Å². The Kier molecular flexibility index (Phi) is 4.30. The van der Waals surface area contributed by atoms with Crippen molar-refractivity contribution in [2.45, 2.75) is 11.4 Å². The summed E-state index contributed by atoms with van der Waals surface area (Å²) in [5.74, 6) is 1.10. The van der Waals surface area contributed by atoms with Crippen molar-refractivity contribution >= 4 is 26.6 Å². The third-order valence-electron chi connectivity index (χ3n) is 3.50. The number of fused-ring (bicyclic) bond motifs is 1. The molecule has 8 heteroatoms. The molecule has 0 saturated carbocycles. The topological polar surface area (TPSA) is 94.1 Å². The molecule has 0 aliphatic rings. The van der Waals surface area contributed by atoms with Gasteiger partial charge in [-0.15, -0.1) is 0 Å². The summed E-state index contributed by atoms with van der Waals surface area (Å²) in [5, 5.41) is 3.86. The van der Waals surface area contributed by atoms with Crippen LogP contribution < -0.4 is 10.1 Å². The number of anilines is 1. The van der Waals surface area contributed by atoms with E-state index in [1.165, 1.54) is 12.6 Å². The molecule has 2 heterocycles. The molecule has 0 spiro atoms. The van der Waals surface area contributed by atoms with Gasteiger partial charge in [-0.2, -0.15) is 0 Å². The second-order valence-corrected chi connectivity index (χ2v) is 7.25. The molecule has 0 aliphatic heterocycles. The van der Waals surface area contributed by atoms with Crippen LogP contribution >= 0.6 is 0 Å². The van der Waals surface area contributed by atoms with Crippen LogP contribution in [0.25, 0.3) is 10.9 Å². The maximum atomic E-state index is 11.8. The Morgan fingerprint density at radius 3 is 2.71 bits per heavy atom. The van der Waals surface area contributed by atoms with Crippen LogP contribution in [0.2, 0.25) is 0 Å². The normalized spacial score (nSPS) is 11.4. The molecule has 0 fully saturated rings. The van der Waals surface area contributed by atoms with Crippen molar-refractivity contribution in [2.24, 2.45) is 0 Å². The van der Waals surface area contributed by atoms with Gasteiger partial charge in [-0.25, -0.2) is 23.4 Å². The highest BCUT2D eigenvalue weighted by atomic mass is 32.2. The minimum atomic E-state index is -3.30. The number of sulfone groups is 1. The smallest absolute Gasteiger partial charge is 0.213 e. The molecule has 0 unspecified atom stereocenters. The second-order valence-electron chi connectivity index (χ2n) is 5.23. The van der Waals surface area contributed by atoms with Crippen LogP contribution in [0.4, 0.5) is 5.82 Å². The number of hydrogen-bond acceptors (Lipinski definition) is 7. The lowest BCUT2D eigenvalue weighted by Gasteiger charge is -2.10. The molecule has 3 aromatic rings. The van der Waals surface area contributed by atoms with Crippen molar-refractivity contribution in [1.82, 2.24) is 15.0 Å². The molecule has 124 valence electrons. The van der Waals surface area contributed by atoms with E-state index >= 15 is 0 Å². The van der Waals surface area contributed by atoms with E-state index in [0.717, 1.165) is 5.56 Å². The van der Waals surface area contributed by atoms with Gasteiger partial charge in [0.05, 0.1) is 17.5 Å². The van der Waals surface area contributed by atoms with Gasteiger partial charge < -0.3 is 10.1 Å². The first kappa shape index (κ1) is 16.1. The van der Waals surface area contributed by atoms with E-state index in [4.69, 9.17) is 4.74 Å². The Morgan fingerprint density at radius 1 is 1.12 bits per heavy atom. The molecular weight excluding hydrogens is 328 g/mol. The molecule has 0 atom stereocenters. The van der Waals surface area contributed by atoms with Crippen LogP contribution in [0.15, 0.2) is 47.8 Å². The molecule has 0 amide bonds. The molecule has 0 aliphatic carbocycles. The number of benzene rings is 1. The summed E-state index contributed by atoms with van der Waals surface area (Å²) < 4.78 is 28.6. The Balaban J connectivity index is 1.93. The first-order valence-corrected chi connectivity index (χ1v) is 9.04. The summed E-state index contributed by atoms with van der Waals surface area (Å²) in [7, 11) is -1.74. The van der Waals surface area contributed by atoms with Crippen molar-refractivity contribution in [3.63, 3.8) is 0 Å². The highest BCUT2D eigenvalue weighted by Crippen LogP contribution is 2.23. The number of methoxy groups -OCH3 is 1. The van der Waals surface area contributed by atoms with Crippen LogP contribution in [-0.4, -0.2) is 36.7 Å². The highest BCUT2D eigenvalue weighted by molar-refractivity contribution is 7.90. The standard InChI is InChI=1S/C16H16N4O3S/c1-23-15-7-11(5-6-17-15)9-18-16-13-8-12(24(2,21)22)3-4-14(13)19-10-20-16/h3-8,10H,9H2,1-2H3,(H,18,19,20). The molecule has 0 saturated heterocycles. The maximum absolute atomic E-state index is 11.8. The second kappa shape index (κ2) is 6.40. The summed E-state index contributed by atoms with van der Waals surface area (Å²) in [6.07, 6.45) is 4.28. The molecule has 0 bridgehead atoms. The molecule has 24 heavy (non-hydrogen) atoms. The van der Waals surface area contributed by atoms with Gasteiger partial charge in [0.15, 0.2) is 9.84 Å². The van der Waals surface area contributed by atoms with E-state index in [0.29, 0.717) is 29.1 Å². The molecule has 7 nitrogen and oxygen atoms in total. The predicted molar refractivity (Wildman–Crippen MR) is 90.8 cm³/mol. The largest absolute Gasteiger partial charge is 0.481 e. The van der Waals surface area contributed by atoms with Crippen molar-refractivity contribution < 1.29 is 13.2 Å². The third kappa shape index (κ3) is 3.43. The number of nitrogens with one attached hydrogen (secondary N) is 1. The van der Waals surface area contributed by atoms with E-state index in [1.54, 1.807) is 31.5 Å². The summed E-state index contributed by atoms with van der Waals surface area (Å²) >= 11 is 0. The number of rotatable bonds is 5. The first-order valence-electron chi connectivity index (χ1n) is 7.15. The van der Waals surface area contributed by atoms with Gasteiger partial charge in [0.2, 0.25) is 5.88 Å². The van der Waals surface area contributed by atoms with Crippen LogP contribution in [0.3, 0.4) is 0 Å². The zero-order valence-corrected chi connectivity index (χ0v) is 14.0. The Hall–Kier alpha value is -2.74. The average Bonchev–Trinajstić information content (AvgIpc) is 2.58. The van der Waals surface area contributed by atoms with Gasteiger partial charge >= 0.3 is 0 Å². The number of aromatic nitrogens is 3. The van der Waals surface area contributed by atoms with Crippen LogP contribution in [0, 0.1) is 0 Å². The summed E-state index contributed by atoms with van der Waals surface area (Å²) in [6, 6.07) is 8.48. The van der Waals surface area contributed by atoms with E-state index < -0.39 is 9.84 Å². The maximum Gasteiger partial charge on any atom is 0.213 e. The lowest BCUT2D eigenvalue weighted by Crippen LogP contribution is -2.04. The quantitative estimate of drug-likeness (QED) is 0.757.